The molecule has 0 radical (unpaired) electrons. The molecule has 0 fully saturated rings. The fraction of sp³-hybridized carbons (Fsp3) is 0.500. The zero-order valence-corrected chi connectivity index (χ0v) is 6.49. The predicted molar refractivity (Wildman–Crippen MR) is 41.3 cm³/mol. The molecule has 1 aliphatic rings. The van der Waals surface area contributed by atoms with Crippen molar-refractivity contribution < 1.29 is 4.79 Å². The lowest BCUT2D eigenvalue weighted by atomic mass is 10.7. The minimum atomic E-state index is -1.19. The summed E-state index contributed by atoms with van der Waals surface area (Å²) in [7, 11) is -1.19. The van der Waals surface area contributed by atoms with Crippen LogP contribution in [0.15, 0.2) is 11.5 Å². The van der Waals surface area contributed by atoms with Crippen molar-refractivity contribution in [2.24, 2.45) is 0 Å². The lowest BCUT2D eigenvalue weighted by molar-refractivity contribution is -0.109. The van der Waals surface area contributed by atoms with Crippen molar-refractivity contribution in [1.29, 1.82) is 0 Å². The second-order valence-corrected chi connectivity index (χ2v) is 5.29. The molecule has 9 heavy (non-hydrogen) atoms. The molecule has 0 aromatic rings. The van der Waals surface area contributed by atoms with Crippen molar-refractivity contribution in [3.63, 3.8) is 0 Å². The Morgan fingerprint density at radius 1 is 1.78 bits per heavy atom. The summed E-state index contributed by atoms with van der Waals surface area (Å²) in [5.74, 6) is 0. The first-order chi connectivity index (χ1) is 4.15. The van der Waals surface area contributed by atoms with Crippen molar-refractivity contribution in [1.82, 2.24) is 4.72 Å². The van der Waals surface area contributed by atoms with Crippen LogP contribution in [0.5, 0.6) is 0 Å². The zero-order chi connectivity index (χ0) is 6.91. The van der Waals surface area contributed by atoms with Gasteiger partial charge in [0.25, 0.3) is 0 Å². The molecule has 52 valence electrons. The molecule has 0 bridgehead atoms. The summed E-state index contributed by atoms with van der Waals surface area (Å²) in [5.41, 5.74) is 0. The van der Waals surface area contributed by atoms with Crippen molar-refractivity contribution in [3.05, 3.63) is 11.5 Å². The highest BCUT2D eigenvalue weighted by molar-refractivity contribution is 8.45. The van der Waals surface area contributed by atoms with Crippen molar-refractivity contribution in [2.75, 3.05) is 12.8 Å². The minimum Gasteiger partial charge on any atom is -0.288 e. The Balaban J connectivity index is 2.74. The Kier molecular flexibility index (Phi) is 1.64. The number of carbonyl (C=O) groups excluding carboxylic acids is 1. The van der Waals surface area contributed by atoms with Crippen LogP contribution in [0.4, 0.5) is 0 Å². The monoisotopic (exact) mass is 145 g/mol. The van der Waals surface area contributed by atoms with E-state index in [2.05, 4.69) is 4.72 Å². The lowest BCUT2D eigenvalue weighted by Crippen LogP contribution is -2.18. The summed E-state index contributed by atoms with van der Waals surface area (Å²) in [6.07, 6.45) is 3.98. The molecule has 0 amide bonds. The molecular formula is C6H11NOS. The fourth-order valence-electron chi connectivity index (χ4n) is 0.707. The van der Waals surface area contributed by atoms with Gasteiger partial charge in [-0.2, -0.15) is 0 Å². The Labute approximate surface area is 56.8 Å². The third-order valence-electron chi connectivity index (χ3n) is 1.47. The van der Waals surface area contributed by atoms with Gasteiger partial charge in [0.2, 0.25) is 0 Å². The van der Waals surface area contributed by atoms with E-state index in [-0.39, 0.29) is 5.12 Å². The van der Waals surface area contributed by atoms with E-state index in [0.717, 1.165) is 6.54 Å². The smallest absolute Gasteiger partial charge is 0.184 e. The molecule has 3 heteroatoms. The SMILES string of the molecule is CC(=O)S1(C)C=CCN1. The number of carbonyl (C=O) groups is 1. The number of nitrogens with one attached hydrogen (secondary N) is 1. The highest BCUT2D eigenvalue weighted by Crippen LogP contribution is 2.44. The maximum absolute atomic E-state index is 10.9. The first-order valence-electron chi connectivity index (χ1n) is 2.85. The molecule has 1 rings (SSSR count). The van der Waals surface area contributed by atoms with Crippen LogP contribution >= 0.6 is 10.2 Å². The van der Waals surface area contributed by atoms with E-state index in [1.807, 2.05) is 17.7 Å². The summed E-state index contributed by atoms with van der Waals surface area (Å²) < 4.78 is 3.16. The van der Waals surface area contributed by atoms with E-state index in [0.29, 0.717) is 0 Å². The minimum absolute atomic E-state index is 0.260. The molecule has 1 N–H and O–H groups in total. The lowest BCUT2D eigenvalue weighted by Gasteiger charge is -2.24. The third kappa shape index (κ3) is 1.17. The second kappa shape index (κ2) is 2.15. The highest BCUT2D eigenvalue weighted by Gasteiger charge is 2.21. The molecular weight excluding hydrogens is 134 g/mol. The third-order valence-corrected chi connectivity index (χ3v) is 4.16. The molecule has 0 saturated carbocycles. The van der Waals surface area contributed by atoms with E-state index in [1.165, 1.54) is 0 Å². The summed E-state index contributed by atoms with van der Waals surface area (Å²) in [5, 5.41) is 2.26. The Hall–Kier alpha value is -0.280. The largest absolute Gasteiger partial charge is 0.288 e. The summed E-state index contributed by atoms with van der Waals surface area (Å²) in [6.45, 7) is 2.49. The van der Waals surface area contributed by atoms with Gasteiger partial charge in [-0.3, -0.25) is 9.52 Å². The molecule has 1 aliphatic heterocycles. The summed E-state index contributed by atoms with van der Waals surface area (Å²) in [4.78, 5) is 10.9. The van der Waals surface area contributed by atoms with Gasteiger partial charge in [0.1, 0.15) is 0 Å². The van der Waals surface area contributed by atoms with Crippen LogP contribution in [-0.4, -0.2) is 17.9 Å². The number of rotatable bonds is 0. The Morgan fingerprint density at radius 2 is 2.44 bits per heavy atom. The van der Waals surface area contributed by atoms with Crippen molar-refractivity contribution in [2.45, 2.75) is 6.92 Å². The van der Waals surface area contributed by atoms with Gasteiger partial charge in [0.05, 0.1) is 0 Å². The van der Waals surface area contributed by atoms with Gasteiger partial charge in [-0.15, -0.1) is 10.2 Å². The summed E-state index contributed by atoms with van der Waals surface area (Å²) in [6, 6.07) is 0. The quantitative estimate of drug-likeness (QED) is 0.551. The van der Waals surface area contributed by atoms with Gasteiger partial charge in [-0.1, -0.05) is 6.08 Å². The van der Waals surface area contributed by atoms with Gasteiger partial charge >= 0.3 is 0 Å². The molecule has 1 unspecified atom stereocenters. The predicted octanol–water partition coefficient (Wildman–Crippen LogP) is 0.999. The van der Waals surface area contributed by atoms with Crippen LogP contribution in [0.25, 0.3) is 0 Å². The molecule has 0 spiro atoms. The number of hydrogen-bond acceptors (Lipinski definition) is 2. The van der Waals surface area contributed by atoms with Gasteiger partial charge in [-0.05, 0) is 11.7 Å². The molecule has 1 atom stereocenters. The number of hydrogen-bond donors (Lipinski definition) is 1. The average Bonchev–Trinajstić information content (AvgIpc) is 2.16. The van der Waals surface area contributed by atoms with Crippen molar-refractivity contribution in [3.8, 4) is 0 Å². The van der Waals surface area contributed by atoms with Crippen LogP contribution in [0.2, 0.25) is 0 Å². The Morgan fingerprint density at radius 3 is 2.67 bits per heavy atom. The maximum atomic E-state index is 10.9. The molecule has 1 heterocycles. The standard InChI is InChI=1S/C6H11NOS/c1-6(8)9(2)5-3-4-7-9/h3,5,7H,4H2,1-2H3. The van der Waals surface area contributed by atoms with Crippen LogP contribution in [0.1, 0.15) is 6.92 Å². The summed E-state index contributed by atoms with van der Waals surface area (Å²) >= 11 is 0. The van der Waals surface area contributed by atoms with E-state index >= 15 is 0 Å². The molecule has 0 aromatic heterocycles. The van der Waals surface area contributed by atoms with Gasteiger partial charge in [-0.25, -0.2) is 0 Å². The van der Waals surface area contributed by atoms with E-state index < -0.39 is 10.2 Å². The van der Waals surface area contributed by atoms with Gasteiger partial charge in [0.15, 0.2) is 5.12 Å². The van der Waals surface area contributed by atoms with Gasteiger partial charge in [0, 0.05) is 13.5 Å². The molecule has 2 nitrogen and oxygen atoms in total. The van der Waals surface area contributed by atoms with Crippen LogP contribution in [-0.2, 0) is 4.79 Å². The molecule has 0 aromatic carbocycles. The van der Waals surface area contributed by atoms with E-state index in [9.17, 15) is 4.79 Å². The van der Waals surface area contributed by atoms with Gasteiger partial charge < -0.3 is 0 Å². The fourth-order valence-corrected chi connectivity index (χ4v) is 2.12. The van der Waals surface area contributed by atoms with Crippen LogP contribution in [0, 0.1) is 0 Å². The normalized spacial score (nSPS) is 40.2. The molecule has 0 saturated heterocycles. The maximum Gasteiger partial charge on any atom is 0.184 e. The van der Waals surface area contributed by atoms with Crippen LogP contribution < -0.4 is 4.72 Å². The van der Waals surface area contributed by atoms with E-state index in [1.54, 1.807) is 6.92 Å². The highest BCUT2D eigenvalue weighted by atomic mass is 32.3. The van der Waals surface area contributed by atoms with E-state index in [4.69, 9.17) is 0 Å². The topological polar surface area (TPSA) is 29.1 Å². The van der Waals surface area contributed by atoms with Crippen molar-refractivity contribution >= 4 is 15.3 Å². The second-order valence-electron chi connectivity index (χ2n) is 2.19. The first-order valence-corrected chi connectivity index (χ1v) is 4.96. The molecule has 0 aliphatic carbocycles. The van der Waals surface area contributed by atoms with Crippen LogP contribution in [0.3, 0.4) is 0 Å². The average molecular weight is 145 g/mol. The zero-order valence-electron chi connectivity index (χ0n) is 5.68. The first kappa shape index (κ1) is 6.83. The Bertz CT molecular complexity index is 166.